The second-order valence-corrected chi connectivity index (χ2v) is 9.39. The van der Waals surface area contributed by atoms with Crippen molar-refractivity contribution in [3.05, 3.63) is 42.5 Å². The number of hydrogen-bond acceptors (Lipinski definition) is 13. The number of amidine groups is 1. The average Bonchev–Trinajstić information content (AvgIpc) is 3.45. The molecule has 1 amide bonds. The highest BCUT2D eigenvalue weighted by Gasteiger charge is 2.53. The quantitative estimate of drug-likeness (QED) is 0.185. The highest BCUT2D eigenvalue weighted by Crippen LogP contribution is 2.37. The molecule has 210 valence electrons. The van der Waals surface area contributed by atoms with E-state index in [-0.39, 0.29) is 24.0 Å². The first-order chi connectivity index (χ1) is 18.5. The van der Waals surface area contributed by atoms with Crippen LogP contribution in [0.5, 0.6) is 0 Å². The molecule has 1 aromatic heterocycles. The van der Waals surface area contributed by atoms with Gasteiger partial charge in [-0.05, 0) is 12.1 Å². The van der Waals surface area contributed by atoms with Crippen molar-refractivity contribution in [1.82, 2.24) is 4.90 Å². The second-order valence-electron chi connectivity index (χ2n) is 8.33. The van der Waals surface area contributed by atoms with Gasteiger partial charge in [-0.3, -0.25) is 28.9 Å². The molecule has 0 N–H and O–H groups in total. The molecule has 0 unspecified atom stereocenters. The second kappa shape index (κ2) is 13.2. The van der Waals surface area contributed by atoms with Gasteiger partial charge in [0.25, 0.3) is 5.91 Å². The lowest BCUT2D eigenvalue weighted by Crippen LogP contribution is -2.61. The number of furan rings is 1. The first-order valence-corrected chi connectivity index (χ1v) is 12.6. The van der Waals surface area contributed by atoms with Crippen LogP contribution in [0, 0.1) is 0 Å². The highest BCUT2D eigenvalue weighted by atomic mass is 32.2. The van der Waals surface area contributed by atoms with Gasteiger partial charge in [0.05, 0.1) is 6.26 Å². The third-order valence-electron chi connectivity index (χ3n) is 5.21. The van der Waals surface area contributed by atoms with Gasteiger partial charge in [-0.2, -0.15) is 0 Å². The molecule has 0 radical (unpaired) electrons. The minimum Gasteiger partial charge on any atom is -0.465 e. The summed E-state index contributed by atoms with van der Waals surface area (Å²) in [6.45, 7) is 7.98. The van der Waals surface area contributed by atoms with Crippen LogP contribution in [0.25, 0.3) is 6.08 Å². The molecule has 0 spiro atoms. The van der Waals surface area contributed by atoms with E-state index in [2.05, 4.69) is 11.6 Å². The van der Waals surface area contributed by atoms with Gasteiger partial charge in [0, 0.05) is 40.3 Å². The van der Waals surface area contributed by atoms with Crippen LogP contribution in [-0.2, 0) is 47.7 Å². The van der Waals surface area contributed by atoms with E-state index < -0.39 is 59.6 Å². The number of ether oxygens (including phenoxy) is 5. The highest BCUT2D eigenvalue weighted by molar-refractivity contribution is 8.14. The lowest BCUT2D eigenvalue weighted by atomic mass is 9.99. The number of rotatable bonds is 9. The van der Waals surface area contributed by atoms with Crippen molar-refractivity contribution in [3.63, 3.8) is 0 Å². The van der Waals surface area contributed by atoms with E-state index in [1.165, 1.54) is 30.2 Å². The summed E-state index contributed by atoms with van der Waals surface area (Å²) < 4.78 is 32.8. The molecule has 1 fully saturated rings. The first-order valence-electron chi connectivity index (χ1n) is 11.7. The lowest BCUT2D eigenvalue weighted by Gasteiger charge is -2.44. The molecular weight excluding hydrogens is 536 g/mol. The lowest BCUT2D eigenvalue weighted by molar-refractivity contribution is -0.237. The number of thioether (sulfide) groups is 1. The molecule has 14 heteroatoms. The standard InChI is InChI=1S/C25H28N2O11S/c1-6-9-27-23(32)18(11-17-8-7-10-33-17)26-25(27)39-24-22(37-16(5)31)21(36-15(4)30)20(35-14(3)29)19(38-24)12-34-13(2)28/h6-8,10-11,19-22,24H,1,9,12H2,2-5H3/b18-11-/t19-,20-,21+,22-,24+/m1/s1. The Bertz CT molecular complexity index is 1180. The van der Waals surface area contributed by atoms with Crippen molar-refractivity contribution >= 4 is 52.8 Å². The summed E-state index contributed by atoms with van der Waals surface area (Å²) in [5.74, 6) is -2.91. The Labute approximate surface area is 228 Å². The summed E-state index contributed by atoms with van der Waals surface area (Å²) in [4.78, 5) is 66.4. The predicted octanol–water partition coefficient (Wildman–Crippen LogP) is 1.82. The zero-order valence-electron chi connectivity index (χ0n) is 21.7. The zero-order chi connectivity index (χ0) is 28.7. The fraction of sp³-hybridized carbons (Fsp3) is 0.440. The van der Waals surface area contributed by atoms with E-state index in [1.807, 2.05) is 0 Å². The van der Waals surface area contributed by atoms with E-state index in [9.17, 15) is 24.0 Å². The van der Waals surface area contributed by atoms with Crippen LogP contribution in [0.2, 0.25) is 0 Å². The van der Waals surface area contributed by atoms with Crippen molar-refractivity contribution in [2.45, 2.75) is 57.5 Å². The Morgan fingerprint density at radius 1 is 1.03 bits per heavy atom. The number of hydrogen-bond donors (Lipinski definition) is 0. The SMILES string of the molecule is C=CCN1C(=O)/C(=C/c2ccco2)N=C1S[C@@H]1O[C@H](COC(C)=O)[C@@H](OC(C)=O)[C@H](OC(C)=O)[C@H]1OC(C)=O. The Morgan fingerprint density at radius 3 is 2.23 bits per heavy atom. The minimum atomic E-state index is -1.34. The van der Waals surface area contributed by atoms with Gasteiger partial charge in [-0.1, -0.05) is 17.8 Å². The van der Waals surface area contributed by atoms with Gasteiger partial charge in [0.2, 0.25) is 0 Å². The third-order valence-corrected chi connectivity index (χ3v) is 6.35. The maximum absolute atomic E-state index is 13.1. The Kier molecular flexibility index (Phi) is 10.1. The fourth-order valence-electron chi connectivity index (χ4n) is 3.81. The van der Waals surface area contributed by atoms with E-state index in [1.54, 1.807) is 12.1 Å². The van der Waals surface area contributed by atoms with Crippen LogP contribution < -0.4 is 0 Å². The molecule has 0 saturated carbocycles. The number of carbonyl (C=O) groups is 5. The van der Waals surface area contributed by atoms with Crippen molar-refractivity contribution in [3.8, 4) is 0 Å². The molecule has 0 aromatic carbocycles. The summed E-state index contributed by atoms with van der Waals surface area (Å²) in [6.07, 6.45) is -0.671. The van der Waals surface area contributed by atoms with Crippen LogP contribution >= 0.6 is 11.8 Å². The Morgan fingerprint density at radius 2 is 1.67 bits per heavy atom. The average molecular weight is 565 g/mol. The van der Waals surface area contributed by atoms with Crippen LogP contribution in [-0.4, -0.2) is 82.9 Å². The summed E-state index contributed by atoms with van der Waals surface area (Å²) in [7, 11) is 0. The molecule has 3 rings (SSSR count). The molecule has 0 aliphatic carbocycles. The molecule has 39 heavy (non-hydrogen) atoms. The summed E-state index contributed by atoms with van der Waals surface area (Å²) in [5, 5.41) is 0.165. The van der Waals surface area contributed by atoms with Gasteiger partial charge in [-0.15, -0.1) is 6.58 Å². The number of carbonyl (C=O) groups excluding carboxylic acids is 5. The van der Waals surface area contributed by atoms with E-state index in [0.29, 0.717) is 5.76 Å². The van der Waals surface area contributed by atoms with Crippen LogP contribution in [0.4, 0.5) is 0 Å². The van der Waals surface area contributed by atoms with Gasteiger partial charge >= 0.3 is 23.9 Å². The van der Waals surface area contributed by atoms with Crippen LogP contribution in [0.15, 0.2) is 46.2 Å². The zero-order valence-corrected chi connectivity index (χ0v) is 22.5. The van der Waals surface area contributed by atoms with E-state index >= 15 is 0 Å². The van der Waals surface area contributed by atoms with Gasteiger partial charge in [0.15, 0.2) is 28.9 Å². The summed E-state index contributed by atoms with van der Waals surface area (Å²) >= 11 is 0.900. The third kappa shape index (κ3) is 7.80. The van der Waals surface area contributed by atoms with E-state index in [4.69, 9.17) is 28.1 Å². The fourth-order valence-corrected chi connectivity index (χ4v) is 4.99. The van der Waals surface area contributed by atoms with Crippen molar-refractivity contribution in [2.75, 3.05) is 13.2 Å². The van der Waals surface area contributed by atoms with Crippen molar-refractivity contribution in [1.29, 1.82) is 0 Å². The molecular formula is C25H28N2O11S. The maximum atomic E-state index is 13.1. The van der Waals surface area contributed by atoms with Crippen LogP contribution in [0.3, 0.4) is 0 Å². The molecule has 5 atom stereocenters. The van der Waals surface area contributed by atoms with Crippen LogP contribution in [0.1, 0.15) is 33.5 Å². The normalized spacial score (nSPS) is 25.6. The molecule has 0 bridgehead atoms. The smallest absolute Gasteiger partial charge is 0.303 e. The molecule has 1 saturated heterocycles. The van der Waals surface area contributed by atoms with Crippen molar-refractivity contribution < 1.29 is 52.1 Å². The molecule has 3 heterocycles. The summed E-state index contributed by atoms with van der Waals surface area (Å²) in [5.41, 5.74) is -1.08. The molecule has 2 aliphatic rings. The van der Waals surface area contributed by atoms with Crippen molar-refractivity contribution in [2.24, 2.45) is 4.99 Å². The predicted molar refractivity (Wildman–Crippen MR) is 136 cm³/mol. The number of esters is 4. The van der Waals surface area contributed by atoms with Gasteiger partial charge < -0.3 is 28.1 Å². The first kappa shape index (κ1) is 29.6. The van der Waals surface area contributed by atoms with Gasteiger partial charge in [0.1, 0.15) is 24.2 Å². The van der Waals surface area contributed by atoms with Gasteiger partial charge in [-0.25, -0.2) is 4.99 Å². The number of amides is 1. The molecule has 1 aromatic rings. The Hall–Kier alpha value is -3.91. The maximum Gasteiger partial charge on any atom is 0.303 e. The monoisotopic (exact) mass is 564 g/mol. The topological polar surface area (TPSA) is 160 Å². The molecule has 2 aliphatic heterocycles. The minimum absolute atomic E-state index is 0.0694. The van der Waals surface area contributed by atoms with E-state index in [0.717, 1.165) is 32.5 Å². The number of nitrogens with zero attached hydrogens (tertiary/aromatic N) is 2. The Balaban J connectivity index is 2.03. The number of aliphatic imine (C=N–C) groups is 1. The summed E-state index contributed by atoms with van der Waals surface area (Å²) in [6, 6.07) is 3.31. The largest absolute Gasteiger partial charge is 0.465 e. The molecule has 13 nitrogen and oxygen atoms in total.